The highest BCUT2D eigenvalue weighted by molar-refractivity contribution is 7.99. The molecule has 1 N–H and O–H groups in total. The summed E-state index contributed by atoms with van der Waals surface area (Å²) in [6.07, 6.45) is 2.22. The molecule has 0 bridgehead atoms. The van der Waals surface area contributed by atoms with E-state index in [0.29, 0.717) is 5.56 Å². The third kappa shape index (κ3) is 3.05. The highest BCUT2D eigenvalue weighted by atomic mass is 32.2. The molecule has 18 heavy (non-hydrogen) atoms. The SMILES string of the molecule is Cc1ccc(C#N)c(SCC2(CC(=O)O)CC2)c1. The second kappa shape index (κ2) is 5.03. The van der Waals surface area contributed by atoms with Gasteiger partial charge < -0.3 is 5.11 Å². The van der Waals surface area contributed by atoms with Gasteiger partial charge in [-0.25, -0.2) is 0 Å². The summed E-state index contributed by atoms with van der Waals surface area (Å²) in [5.74, 6) is 0.0649. The predicted octanol–water partition coefficient (Wildman–Crippen LogP) is 3.21. The van der Waals surface area contributed by atoms with Gasteiger partial charge in [0.15, 0.2) is 0 Å². The van der Waals surface area contributed by atoms with E-state index in [4.69, 9.17) is 10.4 Å². The van der Waals surface area contributed by atoms with Crippen LogP contribution >= 0.6 is 11.8 Å². The normalized spacial score (nSPS) is 16.0. The number of nitrogens with zero attached hydrogens (tertiary/aromatic N) is 1. The molecule has 0 saturated heterocycles. The summed E-state index contributed by atoms with van der Waals surface area (Å²) in [6, 6.07) is 7.93. The number of thioether (sulfide) groups is 1. The van der Waals surface area contributed by atoms with Gasteiger partial charge in [-0.15, -0.1) is 11.8 Å². The van der Waals surface area contributed by atoms with Crippen LogP contribution in [0.4, 0.5) is 0 Å². The Kier molecular flexibility index (Phi) is 3.63. The van der Waals surface area contributed by atoms with Crippen LogP contribution in [0, 0.1) is 23.7 Å². The number of aryl methyl sites for hydroxylation is 1. The first-order valence-electron chi connectivity index (χ1n) is 5.90. The van der Waals surface area contributed by atoms with Gasteiger partial charge in [-0.05, 0) is 42.9 Å². The second-order valence-electron chi connectivity index (χ2n) is 4.97. The van der Waals surface area contributed by atoms with E-state index in [1.807, 2.05) is 25.1 Å². The minimum absolute atomic E-state index is 0.0348. The average Bonchev–Trinajstić information content (AvgIpc) is 3.06. The lowest BCUT2D eigenvalue weighted by Crippen LogP contribution is -2.11. The Morgan fingerprint density at radius 2 is 2.28 bits per heavy atom. The zero-order chi connectivity index (χ0) is 13.2. The Morgan fingerprint density at radius 1 is 1.56 bits per heavy atom. The van der Waals surface area contributed by atoms with Crippen LogP contribution in [-0.2, 0) is 4.79 Å². The van der Waals surface area contributed by atoms with Gasteiger partial charge in [-0.2, -0.15) is 5.26 Å². The number of nitriles is 1. The third-order valence-corrected chi connectivity index (χ3v) is 4.68. The average molecular weight is 261 g/mol. The molecule has 2 rings (SSSR count). The molecular weight excluding hydrogens is 246 g/mol. The van der Waals surface area contributed by atoms with Gasteiger partial charge >= 0.3 is 5.97 Å². The van der Waals surface area contributed by atoms with Crippen molar-refractivity contribution in [1.29, 1.82) is 5.26 Å². The molecule has 4 heteroatoms. The zero-order valence-electron chi connectivity index (χ0n) is 10.3. The molecule has 0 spiro atoms. The van der Waals surface area contributed by atoms with E-state index >= 15 is 0 Å². The first-order chi connectivity index (χ1) is 8.54. The topological polar surface area (TPSA) is 61.1 Å². The molecule has 0 radical (unpaired) electrons. The van der Waals surface area contributed by atoms with Crippen molar-refractivity contribution in [2.75, 3.05) is 5.75 Å². The van der Waals surface area contributed by atoms with Crippen molar-refractivity contribution in [3.05, 3.63) is 29.3 Å². The molecule has 0 aliphatic heterocycles. The van der Waals surface area contributed by atoms with E-state index in [2.05, 4.69) is 6.07 Å². The quantitative estimate of drug-likeness (QED) is 0.827. The predicted molar refractivity (Wildman–Crippen MR) is 70.5 cm³/mol. The minimum atomic E-state index is -0.724. The number of hydrogen-bond acceptors (Lipinski definition) is 3. The number of aliphatic carboxylic acids is 1. The van der Waals surface area contributed by atoms with Crippen molar-refractivity contribution in [2.45, 2.75) is 31.1 Å². The summed E-state index contributed by atoms with van der Waals surface area (Å²) < 4.78 is 0. The summed E-state index contributed by atoms with van der Waals surface area (Å²) in [6.45, 7) is 2.00. The van der Waals surface area contributed by atoms with Crippen molar-refractivity contribution in [1.82, 2.24) is 0 Å². The molecule has 1 aromatic rings. The van der Waals surface area contributed by atoms with Gasteiger partial charge in [0, 0.05) is 10.6 Å². The number of carbonyl (C=O) groups is 1. The standard InChI is InChI=1S/C14H15NO2S/c1-10-2-3-11(8-15)12(6-10)18-9-14(4-5-14)7-13(16)17/h2-3,6H,4-5,7,9H2,1H3,(H,16,17). The Labute approximate surface area is 111 Å². The van der Waals surface area contributed by atoms with E-state index in [1.165, 1.54) is 0 Å². The van der Waals surface area contributed by atoms with Crippen LogP contribution in [0.1, 0.15) is 30.4 Å². The summed E-state index contributed by atoms with van der Waals surface area (Å²) in [5.41, 5.74) is 1.77. The summed E-state index contributed by atoms with van der Waals surface area (Å²) in [5, 5.41) is 17.9. The van der Waals surface area contributed by atoms with E-state index in [1.54, 1.807) is 11.8 Å². The van der Waals surface area contributed by atoms with Crippen LogP contribution in [0.3, 0.4) is 0 Å². The molecule has 1 aromatic carbocycles. The summed E-state index contributed by atoms with van der Waals surface area (Å²) in [4.78, 5) is 11.7. The number of benzene rings is 1. The number of carboxylic acid groups (broad SMARTS) is 1. The van der Waals surface area contributed by atoms with Crippen molar-refractivity contribution in [3.63, 3.8) is 0 Å². The largest absolute Gasteiger partial charge is 0.481 e. The van der Waals surface area contributed by atoms with E-state index in [9.17, 15) is 4.79 Å². The fraction of sp³-hybridized carbons (Fsp3) is 0.429. The van der Waals surface area contributed by atoms with Crippen molar-refractivity contribution in [2.24, 2.45) is 5.41 Å². The number of carboxylic acids is 1. The molecule has 0 atom stereocenters. The fourth-order valence-corrected chi connectivity index (χ4v) is 3.33. The molecule has 1 saturated carbocycles. The van der Waals surface area contributed by atoms with Gasteiger partial charge in [-0.3, -0.25) is 4.79 Å². The van der Waals surface area contributed by atoms with Crippen LogP contribution in [-0.4, -0.2) is 16.8 Å². The maximum absolute atomic E-state index is 10.8. The monoisotopic (exact) mass is 261 g/mol. The maximum Gasteiger partial charge on any atom is 0.303 e. The van der Waals surface area contributed by atoms with E-state index < -0.39 is 5.97 Å². The molecule has 0 unspecified atom stereocenters. The molecule has 1 aliphatic rings. The van der Waals surface area contributed by atoms with Crippen LogP contribution in [0.25, 0.3) is 0 Å². The van der Waals surface area contributed by atoms with Crippen LogP contribution in [0.15, 0.2) is 23.1 Å². The summed E-state index contributed by atoms with van der Waals surface area (Å²) >= 11 is 1.61. The summed E-state index contributed by atoms with van der Waals surface area (Å²) in [7, 11) is 0. The second-order valence-corrected chi connectivity index (χ2v) is 5.99. The Morgan fingerprint density at radius 3 is 2.83 bits per heavy atom. The Balaban J connectivity index is 2.05. The van der Waals surface area contributed by atoms with Gasteiger partial charge in [0.2, 0.25) is 0 Å². The molecule has 94 valence electrons. The number of rotatable bonds is 5. The van der Waals surface area contributed by atoms with Crippen molar-refractivity contribution >= 4 is 17.7 Å². The van der Waals surface area contributed by atoms with E-state index in [-0.39, 0.29) is 11.8 Å². The van der Waals surface area contributed by atoms with Crippen molar-refractivity contribution in [3.8, 4) is 6.07 Å². The molecule has 1 aliphatic carbocycles. The van der Waals surface area contributed by atoms with Gasteiger partial charge in [-0.1, -0.05) is 6.07 Å². The van der Waals surface area contributed by atoms with Crippen molar-refractivity contribution < 1.29 is 9.90 Å². The zero-order valence-corrected chi connectivity index (χ0v) is 11.1. The minimum Gasteiger partial charge on any atom is -0.481 e. The van der Waals surface area contributed by atoms with Crippen LogP contribution in [0.2, 0.25) is 0 Å². The molecule has 0 heterocycles. The smallest absolute Gasteiger partial charge is 0.303 e. The van der Waals surface area contributed by atoms with Crippen LogP contribution < -0.4 is 0 Å². The maximum atomic E-state index is 10.8. The van der Waals surface area contributed by atoms with Crippen LogP contribution in [0.5, 0.6) is 0 Å². The first-order valence-corrected chi connectivity index (χ1v) is 6.89. The lowest BCUT2D eigenvalue weighted by atomic mass is 10.1. The lowest BCUT2D eigenvalue weighted by Gasteiger charge is -2.12. The fourth-order valence-electron chi connectivity index (χ4n) is 1.94. The Hall–Kier alpha value is -1.47. The van der Waals surface area contributed by atoms with Gasteiger partial charge in [0.25, 0.3) is 0 Å². The molecule has 3 nitrogen and oxygen atoms in total. The third-order valence-electron chi connectivity index (χ3n) is 3.27. The number of hydrogen-bond donors (Lipinski definition) is 1. The first kappa shape index (κ1) is 13.0. The Bertz CT molecular complexity index is 515. The molecule has 0 aromatic heterocycles. The van der Waals surface area contributed by atoms with Gasteiger partial charge in [0.05, 0.1) is 12.0 Å². The van der Waals surface area contributed by atoms with E-state index in [0.717, 1.165) is 29.1 Å². The molecule has 1 fully saturated rings. The highest BCUT2D eigenvalue weighted by Gasteiger charge is 2.44. The molecular formula is C14H15NO2S. The highest BCUT2D eigenvalue weighted by Crippen LogP contribution is 2.52. The molecule has 0 amide bonds. The van der Waals surface area contributed by atoms with Gasteiger partial charge in [0.1, 0.15) is 6.07 Å². The lowest BCUT2D eigenvalue weighted by molar-refractivity contribution is -0.138.